The zero-order valence-corrected chi connectivity index (χ0v) is 10.9. The van der Waals surface area contributed by atoms with Gasteiger partial charge in [0.15, 0.2) is 0 Å². The van der Waals surface area contributed by atoms with E-state index in [0.717, 1.165) is 29.8 Å². The normalized spacial score (nSPS) is 14.7. The Morgan fingerprint density at radius 3 is 2.47 bits per heavy atom. The van der Waals surface area contributed by atoms with Gasteiger partial charge in [0.1, 0.15) is 0 Å². The van der Waals surface area contributed by atoms with Crippen LogP contribution in [0.5, 0.6) is 0 Å². The number of para-hydroxylation sites is 1. The first-order valence-corrected chi connectivity index (χ1v) is 6.62. The molecule has 1 aromatic carbocycles. The predicted octanol–water partition coefficient (Wildman–Crippen LogP) is 2.98. The molecule has 0 atom stereocenters. The lowest BCUT2D eigenvalue weighted by Crippen LogP contribution is -2.03. The molecule has 0 radical (unpaired) electrons. The highest BCUT2D eigenvalue weighted by molar-refractivity contribution is 5.82. The van der Waals surface area contributed by atoms with Crippen LogP contribution in [-0.2, 0) is 16.0 Å². The smallest absolute Gasteiger partial charge is 0.309 e. The number of rotatable bonds is 2. The number of aliphatic carboxylic acids is 1. The van der Waals surface area contributed by atoms with Gasteiger partial charge in [-0.05, 0) is 36.8 Å². The summed E-state index contributed by atoms with van der Waals surface area (Å²) in [5.41, 5.74) is 1.73. The summed E-state index contributed by atoms with van der Waals surface area (Å²) in [6.45, 7) is 2.00. The van der Waals surface area contributed by atoms with Crippen LogP contribution in [0.4, 0.5) is 0 Å². The molecule has 4 heteroatoms. The van der Waals surface area contributed by atoms with Crippen molar-refractivity contribution in [3.05, 3.63) is 36.0 Å². The minimum absolute atomic E-state index is 0.0503. The largest absolute Gasteiger partial charge is 0.481 e. The molecule has 4 nitrogen and oxygen atoms in total. The van der Waals surface area contributed by atoms with Crippen LogP contribution in [0.15, 0.2) is 30.3 Å². The number of ether oxygens (including phenoxy) is 1. The van der Waals surface area contributed by atoms with Crippen LogP contribution in [0.2, 0.25) is 0 Å². The molecule has 0 aliphatic carbocycles. The Bertz CT molecular complexity index is 484. The van der Waals surface area contributed by atoms with Crippen LogP contribution in [-0.4, -0.2) is 29.3 Å². The van der Waals surface area contributed by atoms with Crippen LogP contribution in [0.3, 0.4) is 0 Å². The number of aromatic nitrogens is 1. The molecule has 0 amide bonds. The second kappa shape index (κ2) is 6.95. The van der Waals surface area contributed by atoms with Gasteiger partial charge in [0.2, 0.25) is 0 Å². The van der Waals surface area contributed by atoms with Crippen molar-refractivity contribution < 1.29 is 14.6 Å². The molecule has 1 saturated heterocycles. The lowest BCUT2D eigenvalue weighted by atomic mass is 10.2. The zero-order chi connectivity index (χ0) is 13.5. The van der Waals surface area contributed by atoms with E-state index in [2.05, 4.69) is 4.98 Å². The number of fused-ring (bicyclic) bond motifs is 1. The molecular weight excluding hydrogens is 242 g/mol. The summed E-state index contributed by atoms with van der Waals surface area (Å²) in [6.07, 6.45) is 3.98. The summed E-state index contributed by atoms with van der Waals surface area (Å²) in [6, 6.07) is 9.60. The molecule has 0 unspecified atom stereocenters. The number of carboxylic acid groups (broad SMARTS) is 1. The Labute approximate surface area is 112 Å². The van der Waals surface area contributed by atoms with Gasteiger partial charge in [-0.3, -0.25) is 4.79 Å². The van der Waals surface area contributed by atoms with Crippen LogP contribution in [0.1, 0.15) is 25.0 Å². The number of aromatic amines is 1. The SMILES string of the molecule is C1CCOCC1.O=C(O)Cc1cc2ccccc2[nH]1. The molecule has 102 valence electrons. The molecule has 2 aromatic rings. The molecule has 0 bridgehead atoms. The lowest BCUT2D eigenvalue weighted by molar-refractivity contribution is -0.136. The standard InChI is InChI=1S/C10H9NO2.C5H10O/c12-10(13)6-8-5-7-3-1-2-4-9(7)11-8;1-2-4-6-5-3-1/h1-5,11H,6H2,(H,12,13);1-5H2. The number of H-pyrrole nitrogens is 1. The Balaban J connectivity index is 0.000000186. The number of hydrogen-bond donors (Lipinski definition) is 2. The molecule has 1 fully saturated rings. The van der Waals surface area contributed by atoms with Crippen molar-refractivity contribution in [1.82, 2.24) is 4.98 Å². The van der Waals surface area contributed by atoms with E-state index in [4.69, 9.17) is 9.84 Å². The fraction of sp³-hybridized carbons (Fsp3) is 0.400. The Kier molecular flexibility index (Phi) is 4.98. The summed E-state index contributed by atoms with van der Waals surface area (Å²) >= 11 is 0. The fourth-order valence-electron chi connectivity index (χ4n) is 2.08. The molecular formula is C15H19NO3. The summed E-state index contributed by atoms with van der Waals surface area (Å²) < 4.78 is 5.07. The highest BCUT2D eigenvalue weighted by Gasteiger charge is 2.03. The van der Waals surface area contributed by atoms with Crippen LogP contribution < -0.4 is 0 Å². The first-order valence-electron chi connectivity index (χ1n) is 6.62. The summed E-state index contributed by atoms with van der Waals surface area (Å²) in [5.74, 6) is -0.813. The van der Waals surface area contributed by atoms with Crippen molar-refractivity contribution in [2.45, 2.75) is 25.7 Å². The van der Waals surface area contributed by atoms with E-state index in [1.165, 1.54) is 19.3 Å². The molecule has 0 saturated carbocycles. The first kappa shape index (κ1) is 13.6. The number of hydrogen-bond acceptors (Lipinski definition) is 2. The van der Waals surface area contributed by atoms with Gasteiger partial charge in [-0.15, -0.1) is 0 Å². The fourth-order valence-corrected chi connectivity index (χ4v) is 2.08. The first-order chi connectivity index (χ1) is 9.25. The third kappa shape index (κ3) is 4.41. The maximum absolute atomic E-state index is 10.4. The highest BCUT2D eigenvalue weighted by Crippen LogP contribution is 2.14. The Morgan fingerprint density at radius 1 is 1.21 bits per heavy atom. The van der Waals surface area contributed by atoms with Crippen molar-refractivity contribution in [3.8, 4) is 0 Å². The molecule has 2 heterocycles. The van der Waals surface area contributed by atoms with E-state index in [9.17, 15) is 4.79 Å². The third-order valence-electron chi connectivity index (χ3n) is 3.00. The van der Waals surface area contributed by atoms with Crippen molar-refractivity contribution in [2.24, 2.45) is 0 Å². The van der Waals surface area contributed by atoms with Crippen molar-refractivity contribution in [2.75, 3.05) is 13.2 Å². The van der Waals surface area contributed by atoms with Crippen molar-refractivity contribution in [3.63, 3.8) is 0 Å². The number of carboxylic acids is 1. The maximum Gasteiger partial charge on any atom is 0.309 e. The third-order valence-corrected chi connectivity index (χ3v) is 3.00. The Hall–Kier alpha value is -1.81. The second-order valence-corrected chi connectivity index (χ2v) is 4.63. The quantitative estimate of drug-likeness (QED) is 0.873. The van der Waals surface area contributed by atoms with E-state index in [-0.39, 0.29) is 6.42 Å². The van der Waals surface area contributed by atoms with E-state index in [1.54, 1.807) is 0 Å². The van der Waals surface area contributed by atoms with E-state index in [1.807, 2.05) is 30.3 Å². The highest BCUT2D eigenvalue weighted by atomic mass is 16.5. The predicted molar refractivity (Wildman–Crippen MR) is 74.3 cm³/mol. The van der Waals surface area contributed by atoms with Gasteiger partial charge in [-0.25, -0.2) is 0 Å². The zero-order valence-electron chi connectivity index (χ0n) is 10.9. The summed E-state index contributed by atoms with van der Waals surface area (Å²) in [4.78, 5) is 13.5. The number of benzene rings is 1. The van der Waals surface area contributed by atoms with Gasteiger partial charge >= 0.3 is 5.97 Å². The van der Waals surface area contributed by atoms with Gasteiger partial charge in [0.25, 0.3) is 0 Å². The molecule has 1 aliphatic rings. The molecule has 1 aromatic heterocycles. The van der Waals surface area contributed by atoms with Crippen molar-refractivity contribution >= 4 is 16.9 Å². The Morgan fingerprint density at radius 2 is 1.95 bits per heavy atom. The van der Waals surface area contributed by atoms with Gasteiger partial charge in [0, 0.05) is 24.4 Å². The monoisotopic (exact) mass is 261 g/mol. The molecule has 2 N–H and O–H groups in total. The van der Waals surface area contributed by atoms with Gasteiger partial charge in [-0.2, -0.15) is 0 Å². The minimum Gasteiger partial charge on any atom is -0.481 e. The van der Waals surface area contributed by atoms with E-state index >= 15 is 0 Å². The lowest BCUT2D eigenvalue weighted by Gasteiger charge is -2.08. The summed E-state index contributed by atoms with van der Waals surface area (Å²) in [5, 5.41) is 9.63. The molecule has 0 spiro atoms. The molecule has 3 rings (SSSR count). The van der Waals surface area contributed by atoms with Gasteiger partial charge in [0.05, 0.1) is 6.42 Å². The van der Waals surface area contributed by atoms with Gasteiger partial charge < -0.3 is 14.8 Å². The second-order valence-electron chi connectivity index (χ2n) is 4.63. The van der Waals surface area contributed by atoms with Crippen LogP contribution >= 0.6 is 0 Å². The number of nitrogens with one attached hydrogen (secondary N) is 1. The average Bonchev–Trinajstić information content (AvgIpc) is 2.82. The number of carbonyl (C=O) groups is 1. The van der Waals surface area contributed by atoms with Crippen LogP contribution in [0.25, 0.3) is 10.9 Å². The maximum atomic E-state index is 10.4. The average molecular weight is 261 g/mol. The van der Waals surface area contributed by atoms with E-state index in [0.29, 0.717) is 0 Å². The molecule has 19 heavy (non-hydrogen) atoms. The van der Waals surface area contributed by atoms with Crippen molar-refractivity contribution in [1.29, 1.82) is 0 Å². The molecule has 1 aliphatic heterocycles. The van der Waals surface area contributed by atoms with Crippen LogP contribution in [0, 0.1) is 0 Å². The summed E-state index contributed by atoms with van der Waals surface area (Å²) in [7, 11) is 0. The van der Waals surface area contributed by atoms with E-state index < -0.39 is 5.97 Å². The topological polar surface area (TPSA) is 62.3 Å². The minimum atomic E-state index is -0.813. The van der Waals surface area contributed by atoms with Gasteiger partial charge in [-0.1, -0.05) is 18.2 Å².